The van der Waals surface area contributed by atoms with Crippen molar-refractivity contribution in [3.05, 3.63) is 46.4 Å². The third kappa shape index (κ3) is 2.03. The van der Waals surface area contributed by atoms with Gasteiger partial charge in [0, 0.05) is 6.92 Å². The third-order valence-corrected chi connectivity index (χ3v) is 3.68. The highest BCUT2D eigenvalue weighted by molar-refractivity contribution is 5.63. The summed E-state index contributed by atoms with van der Waals surface area (Å²) in [5.41, 5.74) is 8.51. The lowest BCUT2D eigenvalue weighted by Gasteiger charge is -2.10. The summed E-state index contributed by atoms with van der Waals surface area (Å²) < 4.78 is 2.25. The van der Waals surface area contributed by atoms with E-state index in [0.717, 1.165) is 11.4 Å². The Kier molecular flexibility index (Phi) is 3.20. The van der Waals surface area contributed by atoms with Crippen LogP contribution < -0.4 is 4.57 Å². The topological polar surface area (TPSA) is 16.8 Å². The van der Waals surface area contributed by atoms with E-state index < -0.39 is 0 Å². The summed E-state index contributed by atoms with van der Waals surface area (Å²) in [5, 5.41) is 0. The summed E-state index contributed by atoms with van der Waals surface area (Å²) >= 11 is 0. The molecule has 2 heteroatoms. The average molecular weight is 241 g/mol. The van der Waals surface area contributed by atoms with Crippen LogP contribution in [0.5, 0.6) is 0 Å². The van der Waals surface area contributed by atoms with Gasteiger partial charge in [-0.1, -0.05) is 17.7 Å². The summed E-state index contributed by atoms with van der Waals surface area (Å²) in [7, 11) is 2.12. The zero-order valence-electron chi connectivity index (χ0n) is 12.1. The van der Waals surface area contributed by atoms with Crippen LogP contribution in [0.2, 0.25) is 0 Å². The average Bonchev–Trinajstić information content (AvgIpc) is 2.29. The molecule has 2 rings (SSSR count). The number of aromatic nitrogens is 2. The smallest absolute Gasteiger partial charge is 0.234 e. The van der Waals surface area contributed by atoms with Gasteiger partial charge in [-0.3, -0.25) is 0 Å². The first kappa shape index (κ1) is 12.7. The maximum atomic E-state index is 4.65. The van der Waals surface area contributed by atoms with E-state index in [1.165, 1.54) is 28.1 Å². The summed E-state index contributed by atoms with van der Waals surface area (Å²) in [6, 6.07) is 6.59. The van der Waals surface area contributed by atoms with Crippen LogP contribution in [0.25, 0.3) is 11.3 Å². The fourth-order valence-corrected chi connectivity index (χ4v) is 2.49. The molecule has 0 radical (unpaired) electrons. The van der Waals surface area contributed by atoms with Gasteiger partial charge in [0.15, 0.2) is 5.69 Å². The van der Waals surface area contributed by atoms with Crippen molar-refractivity contribution in [2.75, 3.05) is 0 Å². The molecule has 0 aliphatic heterocycles. The Morgan fingerprint density at radius 1 is 0.944 bits per heavy atom. The fraction of sp³-hybridized carbons (Fsp3) is 0.375. The van der Waals surface area contributed by atoms with Gasteiger partial charge in [0.2, 0.25) is 5.69 Å². The second-order valence-electron chi connectivity index (χ2n) is 5.09. The van der Waals surface area contributed by atoms with Crippen molar-refractivity contribution in [2.45, 2.75) is 34.6 Å². The first-order valence-electron chi connectivity index (χ1n) is 6.33. The summed E-state index contributed by atoms with van der Waals surface area (Å²) in [4.78, 5) is 4.65. The van der Waals surface area contributed by atoms with E-state index in [1.807, 2.05) is 0 Å². The van der Waals surface area contributed by atoms with Gasteiger partial charge in [-0.05, 0) is 39.3 Å². The molecule has 0 saturated heterocycles. The predicted octanol–water partition coefficient (Wildman–Crippen LogP) is 3.12. The lowest BCUT2D eigenvalue weighted by atomic mass is 10.0. The Hall–Kier alpha value is -1.70. The Bertz CT molecular complexity index is 613. The summed E-state index contributed by atoms with van der Waals surface area (Å²) in [6.45, 7) is 10.6. The van der Waals surface area contributed by atoms with Crippen molar-refractivity contribution in [3.63, 3.8) is 0 Å². The molecular formula is C16H21N2+. The molecule has 1 aromatic carbocycles. The van der Waals surface area contributed by atoms with Crippen LogP contribution >= 0.6 is 0 Å². The third-order valence-electron chi connectivity index (χ3n) is 3.68. The number of rotatable bonds is 1. The monoisotopic (exact) mass is 241 g/mol. The van der Waals surface area contributed by atoms with Gasteiger partial charge in [0.05, 0.1) is 5.56 Å². The van der Waals surface area contributed by atoms with Crippen LogP contribution in [0, 0.1) is 34.6 Å². The number of nitrogens with zero attached hydrogens (tertiary/aromatic N) is 2. The van der Waals surface area contributed by atoms with Gasteiger partial charge in [-0.2, -0.15) is 4.57 Å². The van der Waals surface area contributed by atoms with Crippen LogP contribution in [0.4, 0.5) is 0 Å². The second kappa shape index (κ2) is 4.52. The second-order valence-corrected chi connectivity index (χ2v) is 5.09. The minimum absolute atomic E-state index is 1.09. The minimum Gasteiger partial charge on any atom is -0.245 e. The van der Waals surface area contributed by atoms with E-state index in [1.54, 1.807) is 0 Å². The van der Waals surface area contributed by atoms with Gasteiger partial charge in [0.25, 0.3) is 0 Å². The minimum atomic E-state index is 1.09. The number of hydrogen-bond acceptors (Lipinski definition) is 1. The molecule has 0 bridgehead atoms. The van der Waals surface area contributed by atoms with Crippen LogP contribution in [0.15, 0.2) is 18.2 Å². The van der Waals surface area contributed by atoms with Crippen LogP contribution in [-0.4, -0.2) is 4.98 Å². The summed E-state index contributed by atoms with van der Waals surface area (Å²) in [5.74, 6) is 0. The molecule has 1 aromatic heterocycles. The molecule has 18 heavy (non-hydrogen) atoms. The van der Waals surface area contributed by atoms with Crippen LogP contribution in [-0.2, 0) is 7.05 Å². The van der Waals surface area contributed by atoms with E-state index in [9.17, 15) is 0 Å². The van der Waals surface area contributed by atoms with Crippen LogP contribution in [0.3, 0.4) is 0 Å². The highest BCUT2D eigenvalue weighted by Crippen LogP contribution is 2.24. The van der Waals surface area contributed by atoms with Crippen molar-refractivity contribution in [3.8, 4) is 11.3 Å². The lowest BCUT2D eigenvalue weighted by Crippen LogP contribution is -2.37. The van der Waals surface area contributed by atoms with E-state index in [-0.39, 0.29) is 0 Å². The summed E-state index contributed by atoms with van der Waals surface area (Å²) in [6.07, 6.45) is 0. The molecule has 0 atom stereocenters. The zero-order chi connectivity index (χ0) is 13.4. The van der Waals surface area contributed by atoms with Crippen molar-refractivity contribution in [2.24, 2.45) is 7.05 Å². The Balaban J connectivity index is 2.75. The van der Waals surface area contributed by atoms with Crippen molar-refractivity contribution in [1.29, 1.82) is 0 Å². The fourth-order valence-electron chi connectivity index (χ4n) is 2.49. The van der Waals surface area contributed by atoms with Crippen LogP contribution in [0.1, 0.15) is 28.2 Å². The van der Waals surface area contributed by atoms with Crippen molar-refractivity contribution < 1.29 is 4.57 Å². The quantitative estimate of drug-likeness (QED) is 0.701. The standard InChI is InChI=1S/C16H21N2/c1-10-7-8-15(11(2)9-10)16-13(4)17-12(3)14(5)18(16)6/h7-9H,1-6H3/q+1. The molecule has 0 fully saturated rings. The van der Waals surface area contributed by atoms with E-state index in [4.69, 9.17) is 0 Å². The van der Waals surface area contributed by atoms with Crippen molar-refractivity contribution >= 4 is 0 Å². The molecule has 1 heterocycles. The molecule has 0 unspecified atom stereocenters. The zero-order valence-corrected chi connectivity index (χ0v) is 12.1. The lowest BCUT2D eigenvalue weighted by molar-refractivity contribution is -0.667. The SMILES string of the molecule is Cc1ccc(-c2c(C)nc(C)c(C)[n+]2C)c(C)c1. The maximum absolute atomic E-state index is 4.65. The highest BCUT2D eigenvalue weighted by atomic mass is 15.0. The molecular weight excluding hydrogens is 220 g/mol. The van der Waals surface area contributed by atoms with Gasteiger partial charge < -0.3 is 0 Å². The first-order valence-corrected chi connectivity index (χ1v) is 6.33. The Morgan fingerprint density at radius 2 is 1.61 bits per heavy atom. The maximum Gasteiger partial charge on any atom is 0.234 e. The Labute approximate surface area is 109 Å². The molecule has 0 aliphatic carbocycles. The molecule has 2 nitrogen and oxygen atoms in total. The highest BCUT2D eigenvalue weighted by Gasteiger charge is 2.20. The van der Waals surface area contributed by atoms with Gasteiger partial charge in [-0.25, -0.2) is 4.98 Å². The van der Waals surface area contributed by atoms with Gasteiger partial charge in [0.1, 0.15) is 18.4 Å². The normalized spacial score (nSPS) is 10.8. The van der Waals surface area contributed by atoms with E-state index >= 15 is 0 Å². The number of hydrogen-bond donors (Lipinski definition) is 0. The van der Waals surface area contributed by atoms with E-state index in [2.05, 4.69) is 69.4 Å². The molecule has 0 aliphatic rings. The molecule has 0 spiro atoms. The number of benzene rings is 1. The molecule has 0 N–H and O–H groups in total. The van der Waals surface area contributed by atoms with Gasteiger partial charge in [-0.15, -0.1) is 0 Å². The molecule has 2 aromatic rings. The van der Waals surface area contributed by atoms with Crippen molar-refractivity contribution in [1.82, 2.24) is 4.98 Å². The Morgan fingerprint density at radius 3 is 2.22 bits per heavy atom. The molecule has 0 amide bonds. The van der Waals surface area contributed by atoms with E-state index in [0.29, 0.717) is 0 Å². The first-order chi connectivity index (χ1) is 8.41. The molecule has 0 saturated carbocycles. The number of aryl methyl sites for hydroxylation is 4. The van der Waals surface area contributed by atoms with Gasteiger partial charge >= 0.3 is 0 Å². The largest absolute Gasteiger partial charge is 0.245 e. The predicted molar refractivity (Wildman–Crippen MR) is 74.5 cm³/mol. The molecule has 94 valence electrons.